The number of benzene rings is 3. The number of alkyl halides is 3. The van der Waals surface area contributed by atoms with Crippen molar-refractivity contribution in [2.75, 3.05) is 0 Å². The first-order chi connectivity index (χ1) is 21.0. The fourth-order valence-electron chi connectivity index (χ4n) is 4.37. The van der Waals surface area contributed by atoms with Crippen molar-refractivity contribution >= 4 is 65.0 Å². The van der Waals surface area contributed by atoms with Gasteiger partial charge in [0.15, 0.2) is 6.10 Å². The standard InChI is InChI=1S/C16H12N2O6S2.C14H13F3O2.Eu.2Na/c19-25(20,21)9-5-11-3-7-17-15-13(11)1-2-14-12(4-8-18-16(14)15)6-10-26(22,23)24;15-14(16,17)13(19)8-12(18)11-6-5-9-3-1-2-4-10(9)7-11;;;/h1-10H,(H,19,20,21)(H,22,23,24);1-7,12-13,18-19H,8H2;;;/q;;;2*+1/p-2/b9-5-,10-6-;;;;. The van der Waals surface area contributed by atoms with Crippen molar-refractivity contribution in [3.05, 3.63) is 107 Å². The van der Waals surface area contributed by atoms with Crippen molar-refractivity contribution in [3.63, 3.8) is 0 Å². The van der Waals surface area contributed by atoms with Crippen LogP contribution < -0.4 is 59.1 Å². The van der Waals surface area contributed by atoms with Crippen molar-refractivity contribution in [2.45, 2.75) is 24.8 Å². The molecule has 2 heterocycles. The Labute approximate surface area is 359 Å². The molecule has 0 aliphatic rings. The molecule has 1 radical (unpaired) electrons. The molecule has 0 bridgehead atoms. The zero-order valence-electron chi connectivity index (χ0n) is 25.2. The minimum Gasteiger partial charge on any atom is -0.744 e. The average Bonchev–Trinajstić information content (AvgIpc) is 2.97. The van der Waals surface area contributed by atoms with Crippen LogP contribution in [0.25, 0.3) is 44.7 Å². The van der Waals surface area contributed by atoms with Crippen LogP contribution in [0.4, 0.5) is 13.2 Å². The van der Waals surface area contributed by atoms with Crippen LogP contribution in [-0.2, 0) is 20.2 Å². The number of aromatic nitrogens is 2. The van der Waals surface area contributed by atoms with Crippen LogP contribution in [0.15, 0.2) is 89.9 Å². The third-order valence-electron chi connectivity index (χ3n) is 6.50. The second kappa shape index (κ2) is 19.2. The number of halogens is 3. The van der Waals surface area contributed by atoms with E-state index in [2.05, 4.69) is 9.97 Å². The molecule has 2 atom stereocenters. The van der Waals surface area contributed by atoms with E-state index in [1.807, 2.05) is 24.3 Å². The van der Waals surface area contributed by atoms with E-state index in [1.54, 1.807) is 42.5 Å². The third-order valence-corrected chi connectivity index (χ3v) is 7.44. The van der Waals surface area contributed by atoms with Gasteiger partial charge in [-0.15, -0.1) is 0 Å². The molecule has 0 saturated heterocycles. The SMILES string of the molecule is O=S(=O)([O-])/C=C\c1ccnc2c1ccc1c(/C=C\S(=O)(=O)[O-])ccnc12.OC(CC(O)C(F)(F)F)c1ccc2ccccc2c1.[Eu].[Na+].[Na+]. The van der Waals surface area contributed by atoms with Crippen molar-refractivity contribution < 1.29 is 158 Å². The number of aliphatic hydroxyl groups excluding tert-OH is 2. The summed E-state index contributed by atoms with van der Waals surface area (Å²) in [6, 6.07) is 18.6. The molecule has 2 aromatic heterocycles. The van der Waals surface area contributed by atoms with Crippen LogP contribution in [0.2, 0.25) is 0 Å². The molecule has 0 fully saturated rings. The van der Waals surface area contributed by atoms with Gasteiger partial charge in [0.05, 0.1) is 17.1 Å². The van der Waals surface area contributed by atoms with Gasteiger partial charge in [-0.3, -0.25) is 9.97 Å². The molecule has 2 unspecified atom stereocenters. The maximum absolute atomic E-state index is 12.2. The van der Waals surface area contributed by atoms with Gasteiger partial charge in [0, 0.05) is 89.8 Å². The Bertz CT molecular complexity index is 2050. The Morgan fingerprint density at radius 3 is 1.62 bits per heavy atom. The summed E-state index contributed by atoms with van der Waals surface area (Å²) in [7, 11) is -9.05. The maximum atomic E-state index is 12.2. The molecule has 0 saturated carbocycles. The van der Waals surface area contributed by atoms with Crippen molar-refractivity contribution in [1.82, 2.24) is 9.97 Å². The first-order valence-electron chi connectivity index (χ1n) is 12.9. The molecule has 0 aliphatic heterocycles. The Hall–Kier alpha value is -0.666. The van der Waals surface area contributed by atoms with E-state index >= 15 is 0 Å². The van der Waals surface area contributed by atoms with Gasteiger partial charge in [-0.1, -0.05) is 48.5 Å². The molecule has 18 heteroatoms. The molecule has 0 aliphatic carbocycles. The predicted molar refractivity (Wildman–Crippen MR) is 160 cm³/mol. The predicted octanol–water partition coefficient (Wildman–Crippen LogP) is -0.991. The van der Waals surface area contributed by atoms with Crippen LogP contribution in [0.5, 0.6) is 0 Å². The summed E-state index contributed by atoms with van der Waals surface area (Å²) in [4.78, 5) is 8.47. The van der Waals surface area contributed by atoms with Crippen molar-refractivity contribution in [3.8, 4) is 0 Å². The molecular formula is C30H23EuF3N2Na2O8S2. The molecular weight excluding hydrogens is 835 g/mol. The number of pyridine rings is 2. The molecule has 10 nitrogen and oxygen atoms in total. The first kappa shape index (κ1) is 45.4. The number of hydrogen-bond acceptors (Lipinski definition) is 10. The van der Waals surface area contributed by atoms with Crippen LogP contribution in [-0.4, -0.2) is 58.4 Å². The van der Waals surface area contributed by atoms with E-state index < -0.39 is 45.0 Å². The maximum Gasteiger partial charge on any atom is 1.00 e. The van der Waals surface area contributed by atoms with Gasteiger partial charge in [-0.25, -0.2) is 16.8 Å². The van der Waals surface area contributed by atoms with Gasteiger partial charge >= 0.3 is 65.3 Å². The van der Waals surface area contributed by atoms with E-state index in [-0.39, 0.29) is 108 Å². The van der Waals surface area contributed by atoms with Gasteiger partial charge in [-0.2, -0.15) is 13.2 Å². The minimum atomic E-state index is -4.71. The molecule has 5 rings (SSSR count). The smallest absolute Gasteiger partial charge is 0.744 e. The summed E-state index contributed by atoms with van der Waals surface area (Å²) in [5.74, 6) is 0. The summed E-state index contributed by atoms with van der Waals surface area (Å²) in [6.45, 7) is 0. The summed E-state index contributed by atoms with van der Waals surface area (Å²) in [5, 5.41) is 22.7. The Balaban J connectivity index is 0.000000471. The van der Waals surface area contributed by atoms with E-state index in [0.29, 0.717) is 49.3 Å². The second-order valence-corrected chi connectivity index (χ2v) is 12.2. The first-order valence-corrected chi connectivity index (χ1v) is 15.8. The molecule has 5 aromatic rings. The molecule has 2 N–H and O–H groups in total. The number of nitrogens with zero attached hydrogens (tertiary/aromatic N) is 2. The summed E-state index contributed by atoms with van der Waals surface area (Å²) >= 11 is 0. The van der Waals surface area contributed by atoms with Gasteiger partial charge < -0.3 is 19.3 Å². The molecule has 0 amide bonds. The number of hydrogen-bond donors (Lipinski definition) is 2. The molecule has 48 heavy (non-hydrogen) atoms. The second-order valence-electron chi connectivity index (χ2n) is 9.66. The quantitative estimate of drug-likeness (QED) is 0.117. The number of fused-ring (bicyclic) bond motifs is 4. The van der Waals surface area contributed by atoms with E-state index in [1.165, 1.54) is 24.5 Å². The van der Waals surface area contributed by atoms with Crippen LogP contribution in [0.3, 0.4) is 0 Å². The van der Waals surface area contributed by atoms with Crippen molar-refractivity contribution in [1.29, 1.82) is 0 Å². The number of aliphatic hydroxyl groups is 2. The fourth-order valence-corrected chi connectivity index (χ4v) is 5.00. The van der Waals surface area contributed by atoms with Crippen LogP contribution in [0, 0.1) is 49.4 Å². The Kier molecular flexibility index (Phi) is 18.2. The van der Waals surface area contributed by atoms with E-state index in [4.69, 9.17) is 5.11 Å². The fraction of sp³-hybridized carbons (Fsp3) is 0.133. The number of rotatable bonds is 7. The molecule has 3 aromatic carbocycles. The van der Waals surface area contributed by atoms with Gasteiger partial charge in [0.25, 0.3) is 0 Å². The zero-order valence-corrected chi connectivity index (χ0v) is 33.3. The summed E-state index contributed by atoms with van der Waals surface area (Å²) < 4.78 is 101. The monoisotopic (exact) mass is 859 g/mol. The average molecular weight is 859 g/mol. The normalized spacial score (nSPS) is 13.3. The Morgan fingerprint density at radius 2 is 1.19 bits per heavy atom. The third kappa shape index (κ3) is 13.1. The topological polar surface area (TPSA) is 181 Å². The van der Waals surface area contributed by atoms with Crippen molar-refractivity contribution in [2.24, 2.45) is 0 Å². The molecule has 0 spiro atoms. The van der Waals surface area contributed by atoms with E-state index in [9.17, 15) is 44.2 Å². The summed E-state index contributed by atoms with van der Waals surface area (Å²) in [6.07, 6.45) is -4.12. The Morgan fingerprint density at radius 1 is 0.729 bits per heavy atom. The zero-order chi connectivity index (χ0) is 33.0. The minimum absolute atomic E-state index is 0. The van der Waals surface area contributed by atoms with Crippen LogP contribution in [0.1, 0.15) is 29.2 Å². The van der Waals surface area contributed by atoms with Gasteiger partial charge in [0.2, 0.25) is 0 Å². The summed E-state index contributed by atoms with van der Waals surface area (Å²) in [5.41, 5.74) is 2.16. The van der Waals surface area contributed by atoms with Gasteiger partial charge in [0.1, 0.15) is 20.2 Å². The largest absolute Gasteiger partial charge is 1.00 e. The molecule has 243 valence electrons. The van der Waals surface area contributed by atoms with E-state index in [0.717, 1.165) is 10.8 Å². The van der Waals surface area contributed by atoms with Crippen LogP contribution >= 0.6 is 0 Å². The van der Waals surface area contributed by atoms with Gasteiger partial charge in [-0.05, 0) is 57.8 Å².